The van der Waals surface area contributed by atoms with Gasteiger partial charge in [0.05, 0.1) is 33.6 Å². The Labute approximate surface area is 179 Å². The van der Waals surface area contributed by atoms with Gasteiger partial charge in [-0.1, -0.05) is 11.6 Å². The molecule has 30 heavy (non-hydrogen) atoms. The van der Waals surface area contributed by atoms with E-state index in [0.29, 0.717) is 22.5 Å². The molecule has 0 aliphatic carbocycles. The highest BCUT2D eigenvalue weighted by atomic mass is 35.5. The summed E-state index contributed by atoms with van der Waals surface area (Å²) in [6.45, 7) is 5.89. The molecular formula is C22H22ClFN4O2. The average molecular weight is 429 g/mol. The third-order valence-corrected chi connectivity index (χ3v) is 4.79. The van der Waals surface area contributed by atoms with Crippen LogP contribution in [-0.4, -0.2) is 28.6 Å². The molecule has 156 valence electrons. The van der Waals surface area contributed by atoms with Crippen LogP contribution >= 0.6 is 11.6 Å². The summed E-state index contributed by atoms with van der Waals surface area (Å²) in [5.74, 6) is -1.13. The maximum Gasteiger partial charge on any atom is 0.259 e. The molecule has 8 heteroatoms. The average Bonchev–Trinajstić information content (AvgIpc) is 3.15. The molecule has 1 aromatic heterocycles. The van der Waals surface area contributed by atoms with Crippen LogP contribution in [0.25, 0.3) is 11.3 Å². The molecule has 0 radical (unpaired) electrons. The third-order valence-electron chi connectivity index (χ3n) is 4.46. The second kappa shape index (κ2) is 8.28. The molecule has 2 aromatic carbocycles. The Morgan fingerprint density at radius 1 is 1.03 bits per heavy atom. The molecule has 2 N–H and O–H groups in total. The molecule has 3 aromatic rings. The van der Waals surface area contributed by atoms with Crippen LogP contribution in [0.15, 0.2) is 48.7 Å². The minimum absolute atomic E-state index is 0.251. The largest absolute Gasteiger partial charge is 0.355 e. The summed E-state index contributed by atoms with van der Waals surface area (Å²) in [4.78, 5) is 25.0. The van der Waals surface area contributed by atoms with Crippen molar-refractivity contribution in [2.24, 2.45) is 0 Å². The molecule has 0 aliphatic heterocycles. The number of hydrogen-bond acceptors (Lipinski definition) is 3. The Balaban J connectivity index is 2.02. The van der Waals surface area contributed by atoms with E-state index in [9.17, 15) is 14.0 Å². The molecule has 6 nitrogen and oxygen atoms in total. The molecule has 1 heterocycles. The van der Waals surface area contributed by atoms with Crippen molar-refractivity contribution in [1.82, 2.24) is 15.1 Å². The standard InChI is InChI=1S/C22H22ClFN4O2/c1-22(2,3)28-19(13-5-7-14(24)8-6-13)17(12-26-28)21(30)27-15-9-10-18(23)16(11-15)20(29)25-4/h5-12H,1-4H3,(H,25,29)(H,27,30). The van der Waals surface area contributed by atoms with E-state index in [-0.39, 0.29) is 22.3 Å². The van der Waals surface area contributed by atoms with Gasteiger partial charge < -0.3 is 10.6 Å². The number of nitrogens with zero attached hydrogens (tertiary/aromatic N) is 2. The van der Waals surface area contributed by atoms with Crippen molar-refractivity contribution in [3.63, 3.8) is 0 Å². The maximum atomic E-state index is 13.4. The lowest BCUT2D eigenvalue weighted by Crippen LogP contribution is -2.24. The molecule has 3 rings (SSSR count). The Bertz CT molecular complexity index is 1100. The van der Waals surface area contributed by atoms with Crippen molar-refractivity contribution in [2.75, 3.05) is 12.4 Å². The Kier molecular flexibility index (Phi) is 5.94. The van der Waals surface area contributed by atoms with E-state index in [1.807, 2.05) is 20.8 Å². The number of carbonyl (C=O) groups excluding carboxylic acids is 2. The SMILES string of the molecule is CNC(=O)c1cc(NC(=O)c2cnn(C(C)(C)C)c2-c2ccc(F)cc2)ccc1Cl. The van der Waals surface area contributed by atoms with Gasteiger partial charge in [0.1, 0.15) is 5.82 Å². The number of benzene rings is 2. The van der Waals surface area contributed by atoms with Crippen LogP contribution in [-0.2, 0) is 5.54 Å². The number of hydrogen-bond donors (Lipinski definition) is 2. The Hall–Kier alpha value is -3.19. The molecule has 0 spiro atoms. The summed E-state index contributed by atoms with van der Waals surface area (Å²) >= 11 is 6.08. The zero-order chi connectivity index (χ0) is 22.1. The van der Waals surface area contributed by atoms with Gasteiger partial charge >= 0.3 is 0 Å². The first-order valence-corrected chi connectivity index (χ1v) is 9.67. The highest BCUT2D eigenvalue weighted by molar-refractivity contribution is 6.34. The number of halogens is 2. The van der Waals surface area contributed by atoms with E-state index in [0.717, 1.165) is 0 Å². The molecule has 0 saturated heterocycles. The first-order chi connectivity index (χ1) is 14.1. The first-order valence-electron chi connectivity index (χ1n) is 9.29. The fourth-order valence-corrected chi connectivity index (χ4v) is 3.22. The van der Waals surface area contributed by atoms with E-state index in [1.165, 1.54) is 31.4 Å². The molecule has 0 unspecified atom stereocenters. The molecule has 0 atom stereocenters. The van der Waals surface area contributed by atoms with Gasteiger partial charge in [0.15, 0.2) is 0 Å². The minimum atomic E-state index is -0.408. The van der Waals surface area contributed by atoms with Gasteiger partial charge in [-0.2, -0.15) is 5.10 Å². The summed E-state index contributed by atoms with van der Waals surface area (Å²) in [6, 6.07) is 10.6. The van der Waals surface area contributed by atoms with Crippen LogP contribution in [0, 0.1) is 5.82 Å². The fourth-order valence-electron chi connectivity index (χ4n) is 3.02. The van der Waals surface area contributed by atoms with Gasteiger partial charge in [-0.3, -0.25) is 14.3 Å². The van der Waals surface area contributed by atoms with Crippen molar-refractivity contribution >= 4 is 29.1 Å². The van der Waals surface area contributed by atoms with Gasteiger partial charge in [0, 0.05) is 18.3 Å². The highest BCUT2D eigenvalue weighted by Gasteiger charge is 2.25. The summed E-state index contributed by atoms with van der Waals surface area (Å²) in [5, 5.41) is 9.97. The van der Waals surface area contributed by atoms with E-state index >= 15 is 0 Å². The number of anilines is 1. The predicted molar refractivity (Wildman–Crippen MR) is 115 cm³/mol. The smallest absolute Gasteiger partial charge is 0.259 e. The van der Waals surface area contributed by atoms with Crippen LogP contribution in [0.3, 0.4) is 0 Å². The normalized spacial score (nSPS) is 11.3. The molecule has 2 amide bonds. The van der Waals surface area contributed by atoms with Crippen molar-refractivity contribution in [3.8, 4) is 11.3 Å². The van der Waals surface area contributed by atoms with Crippen LogP contribution in [0.4, 0.5) is 10.1 Å². The van der Waals surface area contributed by atoms with Gasteiger partial charge in [-0.05, 0) is 63.2 Å². The zero-order valence-electron chi connectivity index (χ0n) is 17.1. The second-order valence-corrected chi connectivity index (χ2v) is 8.13. The lowest BCUT2D eigenvalue weighted by Gasteiger charge is -2.23. The van der Waals surface area contributed by atoms with E-state index in [4.69, 9.17) is 11.6 Å². The summed E-state index contributed by atoms with van der Waals surface area (Å²) < 4.78 is 15.2. The third kappa shape index (κ3) is 4.36. The van der Waals surface area contributed by atoms with Gasteiger partial charge in [-0.25, -0.2) is 4.39 Å². The molecule has 0 fully saturated rings. The second-order valence-electron chi connectivity index (χ2n) is 7.72. The lowest BCUT2D eigenvalue weighted by molar-refractivity contribution is 0.0961. The Morgan fingerprint density at radius 3 is 2.30 bits per heavy atom. The van der Waals surface area contributed by atoms with E-state index in [2.05, 4.69) is 15.7 Å². The molecule has 0 aliphatic rings. The van der Waals surface area contributed by atoms with Gasteiger partial charge in [-0.15, -0.1) is 0 Å². The van der Waals surface area contributed by atoms with Crippen LogP contribution < -0.4 is 10.6 Å². The van der Waals surface area contributed by atoms with Crippen LogP contribution in [0.2, 0.25) is 5.02 Å². The minimum Gasteiger partial charge on any atom is -0.355 e. The zero-order valence-corrected chi connectivity index (χ0v) is 17.8. The summed E-state index contributed by atoms with van der Waals surface area (Å²) in [5.41, 5.74) is 1.82. The number of carbonyl (C=O) groups is 2. The molecule has 0 bridgehead atoms. The van der Waals surface area contributed by atoms with Crippen LogP contribution in [0.1, 0.15) is 41.5 Å². The summed E-state index contributed by atoms with van der Waals surface area (Å²) in [7, 11) is 1.50. The molecule has 0 saturated carbocycles. The maximum absolute atomic E-state index is 13.4. The van der Waals surface area contributed by atoms with Crippen molar-refractivity contribution in [2.45, 2.75) is 26.3 Å². The van der Waals surface area contributed by atoms with Crippen LogP contribution in [0.5, 0.6) is 0 Å². The Morgan fingerprint density at radius 2 is 1.70 bits per heavy atom. The van der Waals surface area contributed by atoms with Gasteiger partial charge in [0.2, 0.25) is 0 Å². The quantitative estimate of drug-likeness (QED) is 0.631. The number of amides is 2. The number of rotatable bonds is 4. The van der Waals surface area contributed by atoms with E-state index < -0.39 is 11.4 Å². The topological polar surface area (TPSA) is 76.0 Å². The predicted octanol–water partition coefficient (Wildman–Crippen LogP) is 4.71. The fraction of sp³-hybridized carbons (Fsp3) is 0.227. The highest BCUT2D eigenvalue weighted by Crippen LogP contribution is 2.30. The van der Waals surface area contributed by atoms with Crippen molar-refractivity contribution in [3.05, 3.63) is 70.6 Å². The number of aromatic nitrogens is 2. The number of nitrogens with one attached hydrogen (secondary N) is 2. The van der Waals surface area contributed by atoms with Gasteiger partial charge in [0.25, 0.3) is 11.8 Å². The molecular weight excluding hydrogens is 407 g/mol. The van der Waals surface area contributed by atoms with E-state index in [1.54, 1.807) is 28.9 Å². The lowest BCUT2D eigenvalue weighted by atomic mass is 10.0. The van der Waals surface area contributed by atoms with Crippen molar-refractivity contribution < 1.29 is 14.0 Å². The van der Waals surface area contributed by atoms with Crippen molar-refractivity contribution in [1.29, 1.82) is 0 Å². The summed E-state index contributed by atoms with van der Waals surface area (Å²) in [6.07, 6.45) is 1.48. The first kappa shape index (κ1) is 21.5. The monoisotopic (exact) mass is 428 g/mol.